The maximum atomic E-state index is 13.8. The predicted molar refractivity (Wildman–Crippen MR) is 169 cm³/mol. The van der Waals surface area contributed by atoms with Gasteiger partial charge in [-0.25, -0.2) is 0 Å². The fourth-order valence-corrected chi connectivity index (χ4v) is 6.20. The SMILES string of the molecule is C=C(N)C(=O)N1CCC(c2cccc([C@H](Cc3ccccc3)c3ccc(-c4cc(Cl)ccc4-n4cnnn4)c[n+]3[O-])c2)CC1. The van der Waals surface area contributed by atoms with Crippen LogP contribution in [0.2, 0.25) is 5.02 Å². The molecule has 3 aromatic carbocycles. The molecule has 3 heterocycles. The lowest BCUT2D eigenvalue weighted by Crippen LogP contribution is -2.40. The Labute approximate surface area is 260 Å². The lowest BCUT2D eigenvalue weighted by atomic mass is 9.84. The topological polar surface area (TPSA) is 117 Å². The van der Waals surface area contributed by atoms with Gasteiger partial charge in [0.25, 0.3) is 5.91 Å². The second kappa shape index (κ2) is 12.7. The van der Waals surface area contributed by atoms with Crippen LogP contribution in [-0.4, -0.2) is 44.1 Å². The molecule has 0 radical (unpaired) electrons. The van der Waals surface area contributed by atoms with Crippen molar-refractivity contribution in [2.75, 3.05) is 13.1 Å². The average molecular weight is 606 g/mol. The zero-order valence-corrected chi connectivity index (χ0v) is 24.8. The fraction of sp³-hybridized carbons (Fsp3) is 0.206. The average Bonchev–Trinajstić information content (AvgIpc) is 3.59. The zero-order valence-electron chi connectivity index (χ0n) is 24.1. The van der Waals surface area contributed by atoms with Crippen molar-refractivity contribution in [3.05, 3.63) is 142 Å². The molecule has 5 aromatic rings. The molecule has 2 N–H and O–H groups in total. The molecule has 1 fully saturated rings. The van der Waals surface area contributed by atoms with Crippen molar-refractivity contribution in [3.8, 4) is 16.8 Å². The molecule has 0 aliphatic carbocycles. The molecule has 9 nitrogen and oxygen atoms in total. The van der Waals surface area contributed by atoms with Crippen molar-refractivity contribution >= 4 is 17.5 Å². The van der Waals surface area contributed by atoms with Gasteiger partial charge in [0.2, 0.25) is 5.69 Å². The Morgan fingerprint density at radius 1 is 1.05 bits per heavy atom. The molecular formula is C34H32ClN7O2. The highest BCUT2D eigenvalue weighted by molar-refractivity contribution is 6.31. The molecule has 1 atom stereocenters. The minimum atomic E-state index is -0.190. The van der Waals surface area contributed by atoms with E-state index in [9.17, 15) is 10.0 Å². The highest BCUT2D eigenvalue weighted by atomic mass is 35.5. The summed E-state index contributed by atoms with van der Waals surface area (Å²) in [4.78, 5) is 14.1. The number of tetrazole rings is 1. The molecule has 222 valence electrons. The minimum Gasteiger partial charge on any atom is -0.618 e. The van der Waals surface area contributed by atoms with Crippen molar-refractivity contribution in [1.82, 2.24) is 25.1 Å². The predicted octanol–water partition coefficient (Wildman–Crippen LogP) is 5.17. The van der Waals surface area contributed by atoms with Crippen LogP contribution in [0.25, 0.3) is 16.8 Å². The van der Waals surface area contributed by atoms with E-state index in [4.69, 9.17) is 17.3 Å². The molecule has 44 heavy (non-hydrogen) atoms. The maximum absolute atomic E-state index is 13.8. The van der Waals surface area contributed by atoms with Gasteiger partial charge < -0.3 is 15.8 Å². The first-order valence-corrected chi connectivity index (χ1v) is 14.9. The van der Waals surface area contributed by atoms with Gasteiger partial charge in [0, 0.05) is 35.3 Å². The summed E-state index contributed by atoms with van der Waals surface area (Å²) in [6.07, 6.45) is 5.43. The van der Waals surface area contributed by atoms with Crippen molar-refractivity contribution in [1.29, 1.82) is 0 Å². The first-order chi connectivity index (χ1) is 21.4. The van der Waals surface area contributed by atoms with Gasteiger partial charge in [-0.05, 0) is 76.6 Å². The molecule has 0 unspecified atom stereocenters. The molecule has 1 amide bonds. The second-order valence-electron chi connectivity index (χ2n) is 11.1. The Hall–Kier alpha value is -5.02. The summed E-state index contributed by atoms with van der Waals surface area (Å²) in [5, 5.41) is 25.9. The minimum absolute atomic E-state index is 0.0770. The van der Waals surface area contributed by atoms with Crippen molar-refractivity contribution in [2.45, 2.75) is 31.1 Å². The van der Waals surface area contributed by atoms with Crippen LogP contribution < -0.4 is 10.5 Å². The number of carbonyl (C=O) groups excluding carboxylic acids is 1. The monoisotopic (exact) mass is 605 g/mol. The van der Waals surface area contributed by atoms with Gasteiger partial charge in [-0.1, -0.05) is 72.8 Å². The number of rotatable bonds is 8. The molecule has 1 aliphatic rings. The number of benzene rings is 3. The third kappa shape index (κ3) is 6.18. The number of amides is 1. The van der Waals surface area contributed by atoms with Gasteiger partial charge in [0.05, 0.1) is 17.3 Å². The summed E-state index contributed by atoms with van der Waals surface area (Å²) in [5.74, 6) is -0.0763. The van der Waals surface area contributed by atoms with E-state index in [0.717, 1.165) is 34.3 Å². The van der Waals surface area contributed by atoms with Gasteiger partial charge in [-0.3, -0.25) is 4.79 Å². The summed E-state index contributed by atoms with van der Waals surface area (Å²) in [6, 6.07) is 28.0. The normalized spacial score (nSPS) is 14.3. The summed E-state index contributed by atoms with van der Waals surface area (Å²) in [6.45, 7) is 4.86. The Morgan fingerprint density at radius 2 is 1.84 bits per heavy atom. The number of nitrogens with two attached hydrogens (primary N) is 1. The number of piperidine rings is 1. The second-order valence-corrected chi connectivity index (χ2v) is 11.5. The molecule has 2 aromatic heterocycles. The van der Waals surface area contributed by atoms with Crippen molar-refractivity contribution < 1.29 is 9.52 Å². The van der Waals surface area contributed by atoms with E-state index in [1.54, 1.807) is 27.9 Å². The van der Waals surface area contributed by atoms with Crippen LogP contribution in [0.15, 0.2) is 110 Å². The van der Waals surface area contributed by atoms with Gasteiger partial charge in [-0.2, -0.15) is 9.41 Å². The van der Waals surface area contributed by atoms with Crippen LogP contribution in [0.3, 0.4) is 0 Å². The fourth-order valence-electron chi connectivity index (χ4n) is 6.02. The van der Waals surface area contributed by atoms with Crippen molar-refractivity contribution in [3.63, 3.8) is 0 Å². The van der Waals surface area contributed by atoms with Crippen LogP contribution >= 0.6 is 11.6 Å². The highest BCUT2D eigenvalue weighted by Crippen LogP contribution is 2.34. The van der Waals surface area contributed by atoms with Crippen LogP contribution in [0, 0.1) is 5.21 Å². The number of pyridine rings is 1. The quantitative estimate of drug-likeness (QED) is 0.148. The number of nitrogens with zero attached hydrogens (tertiary/aromatic N) is 6. The summed E-state index contributed by atoms with van der Waals surface area (Å²) in [7, 11) is 0. The van der Waals surface area contributed by atoms with Gasteiger partial charge in [0.15, 0.2) is 6.20 Å². The van der Waals surface area contributed by atoms with E-state index in [1.807, 2.05) is 36.4 Å². The Balaban J connectivity index is 1.34. The van der Waals surface area contributed by atoms with Crippen LogP contribution in [0.1, 0.15) is 47.1 Å². The summed E-state index contributed by atoms with van der Waals surface area (Å²) in [5.41, 5.74) is 11.9. The molecule has 10 heteroatoms. The van der Waals surface area contributed by atoms with E-state index in [1.165, 1.54) is 11.9 Å². The molecule has 0 bridgehead atoms. The third-order valence-corrected chi connectivity index (χ3v) is 8.53. The number of carbonyl (C=O) groups is 1. The lowest BCUT2D eigenvalue weighted by molar-refractivity contribution is -0.614. The zero-order chi connectivity index (χ0) is 30.6. The van der Waals surface area contributed by atoms with Gasteiger partial charge in [-0.15, -0.1) is 5.10 Å². The van der Waals surface area contributed by atoms with Gasteiger partial charge in [0.1, 0.15) is 6.33 Å². The number of aromatic nitrogens is 5. The first kappa shape index (κ1) is 29.1. The largest absolute Gasteiger partial charge is 0.618 e. The summed E-state index contributed by atoms with van der Waals surface area (Å²) >= 11 is 6.36. The van der Waals surface area contributed by atoms with E-state index in [0.29, 0.717) is 47.4 Å². The van der Waals surface area contributed by atoms with E-state index >= 15 is 0 Å². The maximum Gasteiger partial charge on any atom is 0.269 e. The van der Waals surface area contributed by atoms with Crippen LogP contribution in [0.5, 0.6) is 0 Å². The first-order valence-electron chi connectivity index (χ1n) is 14.5. The van der Waals surface area contributed by atoms with Crippen molar-refractivity contribution in [2.24, 2.45) is 5.73 Å². The van der Waals surface area contributed by atoms with E-state index < -0.39 is 0 Å². The third-order valence-electron chi connectivity index (χ3n) is 8.29. The van der Waals surface area contributed by atoms with Gasteiger partial charge >= 0.3 is 0 Å². The number of hydrogen-bond donors (Lipinski definition) is 1. The molecule has 6 rings (SSSR count). The van der Waals surface area contributed by atoms with Crippen LogP contribution in [0.4, 0.5) is 0 Å². The lowest BCUT2D eigenvalue weighted by Gasteiger charge is -2.32. The smallest absolute Gasteiger partial charge is 0.269 e. The Morgan fingerprint density at radius 3 is 2.55 bits per heavy atom. The standard InChI is InChI=1S/C34H32ClN7O2/c1-23(36)34(43)40-16-14-25(15-17-40)26-8-5-9-27(19-26)30(18-24-6-3-2-4-7-24)33-12-10-28(21-42(33)44)31-20-29(35)11-13-32(31)41-22-37-38-39-41/h2-13,19-22,25,30H,1,14-18,36H2/t30-/m0/s1. The summed E-state index contributed by atoms with van der Waals surface area (Å²) < 4.78 is 2.51. The Kier molecular flexibility index (Phi) is 8.38. The molecule has 1 aliphatic heterocycles. The molecule has 1 saturated heterocycles. The van der Waals surface area contributed by atoms with Crippen LogP contribution in [-0.2, 0) is 11.2 Å². The molecular weight excluding hydrogens is 574 g/mol. The number of likely N-dealkylation sites (tertiary alicyclic amines) is 1. The molecule has 0 spiro atoms. The highest BCUT2D eigenvalue weighted by Gasteiger charge is 2.27. The number of hydrogen-bond acceptors (Lipinski definition) is 6. The molecule has 0 saturated carbocycles. The van der Waals surface area contributed by atoms with E-state index in [2.05, 4.69) is 58.5 Å². The number of halogens is 1. The van der Waals surface area contributed by atoms with E-state index in [-0.39, 0.29) is 17.5 Å². The Bertz CT molecular complexity index is 1790.